The van der Waals surface area contributed by atoms with E-state index in [9.17, 15) is 10.2 Å². The summed E-state index contributed by atoms with van der Waals surface area (Å²) in [6.07, 6.45) is 0.796. The lowest BCUT2D eigenvalue weighted by atomic mass is 9.79. The number of hydrogen-bond acceptors (Lipinski definition) is 6. The Labute approximate surface area is 264 Å². The van der Waals surface area contributed by atoms with Crippen LogP contribution in [0.2, 0.25) is 0 Å². The molecule has 0 bridgehead atoms. The Bertz CT molecular complexity index is 1180. The quantitative estimate of drug-likeness (QED) is 0.166. The summed E-state index contributed by atoms with van der Waals surface area (Å²) >= 11 is 3.73. The lowest BCUT2D eigenvalue weighted by Gasteiger charge is -2.32. The summed E-state index contributed by atoms with van der Waals surface area (Å²) in [4.78, 5) is 2.40. The number of aliphatic hydroxyl groups is 1. The Balaban J connectivity index is 2.01. The van der Waals surface area contributed by atoms with Gasteiger partial charge in [-0.15, -0.1) is 23.5 Å². The average Bonchev–Trinajstić information content (AvgIpc) is 3.53. The van der Waals surface area contributed by atoms with E-state index in [1.54, 1.807) is 0 Å². The van der Waals surface area contributed by atoms with Crippen LogP contribution in [0.5, 0.6) is 11.5 Å². The second kappa shape index (κ2) is 12.2. The van der Waals surface area contributed by atoms with Gasteiger partial charge in [0, 0.05) is 38.7 Å². The summed E-state index contributed by atoms with van der Waals surface area (Å²) in [5.74, 6) is 1.38. The minimum absolute atomic E-state index is 0.0449. The molecule has 1 heterocycles. The minimum atomic E-state index is -0.173. The van der Waals surface area contributed by atoms with Gasteiger partial charge in [-0.3, -0.25) is 0 Å². The molecule has 0 aromatic heterocycles. The molecule has 1 saturated heterocycles. The summed E-state index contributed by atoms with van der Waals surface area (Å²) < 4.78 is 12.1. The van der Waals surface area contributed by atoms with Gasteiger partial charge >= 0.3 is 0 Å². The second-order valence-corrected chi connectivity index (χ2v) is 20.0. The van der Waals surface area contributed by atoms with Crippen molar-refractivity contribution in [2.45, 2.75) is 151 Å². The van der Waals surface area contributed by atoms with Gasteiger partial charge in [0.25, 0.3) is 0 Å². The van der Waals surface area contributed by atoms with Gasteiger partial charge in [0.2, 0.25) is 0 Å². The van der Waals surface area contributed by atoms with Crippen molar-refractivity contribution < 1.29 is 19.7 Å². The predicted octanol–water partition coefficient (Wildman–Crippen LogP) is 9.73. The first-order valence-corrected chi connectivity index (χ1v) is 16.9. The number of aromatic hydroxyl groups is 1. The molecule has 6 heteroatoms. The molecule has 4 nitrogen and oxygen atoms in total. The van der Waals surface area contributed by atoms with Crippen molar-refractivity contribution in [3.63, 3.8) is 0 Å². The van der Waals surface area contributed by atoms with Gasteiger partial charge in [0.05, 0.1) is 10.2 Å². The van der Waals surface area contributed by atoms with Gasteiger partial charge < -0.3 is 19.7 Å². The van der Waals surface area contributed by atoms with Gasteiger partial charge in [-0.25, -0.2) is 0 Å². The summed E-state index contributed by atoms with van der Waals surface area (Å²) in [5.41, 5.74) is 3.83. The molecule has 1 fully saturated rings. The maximum Gasteiger partial charge on any atom is 0.126 e. The number of ether oxygens (including phenoxy) is 2. The Hall–Kier alpha value is -1.34. The number of rotatable bonds is 9. The zero-order chi connectivity index (χ0) is 32.1. The molecular formula is C36H56O4S2. The van der Waals surface area contributed by atoms with E-state index in [-0.39, 0.29) is 44.6 Å². The first kappa shape index (κ1) is 35.1. The topological polar surface area (TPSA) is 62.2 Å². The summed E-state index contributed by atoms with van der Waals surface area (Å²) in [5, 5.41) is 20.5. The van der Waals surface area contributed by atoms with E-state index >= 15 is 0 Å². The number of phenols is 1. The van der Waals surface area contributed by atoms with Crippen molar-refractivity contribution in [2.75, 3.05) is 13.2 Å². The van der Waals surface area contributed by atoms with E-state index in [2.05, 4.69) is 121 Å². The van der Waals surface area contributed by atoms with Crippen molar-refractivity contribution >= 4 is 23.5 Å². The Morgan fingerprint density at radius 1 is 0.643 bits per heavy atom. The van der Waals surface area contributed by atoms with Crippen LogP contribution < -0.4 is 4.74 Å². The number of thioether (sulfide) groups is 2. The lowest BCUT2D eigenvalue weighted by Crippen LogP contribution is -2.22. The number of aliphatic hydroxyl groups excluding tert-OH is 1. The van der Waals surface area contributed by atoms with Gasteiger partial charge in [-0.1, -0.05) is 83.1 Å². The minimum Gasteiger partial charge on any atom is -0.507 e. The lowest BCUT2D eigenvalue weighted by molar-refractivity contribution is 0.243. The van der Waals surface area contributed by atoms with Gasteiger partial charge in [0.15, 0.2) is 0 Å². The molecule has 1 aliphatic heterocycles. The van der Waals surface area contributed by atoms with Crippen LogP contribution in [0.3, 0.4) is 0 Å². The third-order valence-corrected chi connectivity index (χ3v) is 10.0. The van der Waals surface area contributed by atoms with Crippen molar-refractivity contribution in [3.05, 3.63) is 46.5 Å². The van der Waals surface area contributed by atoms with Crippen molar-refractivity contribution in [2.24, 2.45) is 0 Å². The zero-order valence-electron chi connectivity index (χ0n) is 28.6. The molecule has 42 heavy (non-hydrogen) atoms. The molecule has 0 saturated carbocycles. The molecule has 2 N–H and O–H groups in total. The van der Waals surface area contributed by atoms with Crippen LogP contribution in [0, 0.1) is 0 Å². The van der Waals surface area contributed by atoms with Gasteiger partial charge in [-0.2, -0.15) is 0 Å². The van der Waals surface area contributed by atoms with Crippen molar-refractivity contribution in [1.82, 2.24) is 0 Å². The van der Waals surface area contributed by atoms with E-state index in [4.69, 9.17) is 9.47 Å². The fourth-order valence-corrected chi connectivity index (χ4v) is 7.79. The first-order chi connectivity index (χ1) is 18.9. The fourth-order valence-electron chi connectivity index (χ4n) is 5.20. The average molecular weight is 617 g/mol. The molecule has 2 aromatic carbocycles. The summed E-state index contributed by atoms with van der Waals surface area (Å²) in [6, 6.07) is 8.99. The molecule has 2 aromatic rings. The third kappa shape index (κ3) is 8.86. The van der Waals surface area contributed by atoms with Crippen molar-refractivity contribution in [3.8, 4) is 11.5 Å². The van der Waals surface area contributed by atoms with Crippen LogP contribution in [-0.2, 0) is 26.4 Å². The molecule has 0 radical (unpaired) electrons. The molecule has 2 atom stereocenters. The second-order valence-electron chi connectivity index (χ2n) is 16.4. The molecule has 3 rings (SSSR count). The molecular weight excluding hydrogens is 561 g/mol. The van der Waals surface area contributed by atoms with Crippen LogP contribution in [0.4, 0.5) is 0 Å². The normalized spacial score (nSPS) is 18.4. The Morgan fingerprint density at radius 2 is 1.02 bits per heavy atom. The van der Waals surface area contributed by atoms with Crippen LogP contribution in [0.25, 0.3) is 0 Å². The van der Waals surface area contributed by atoms with Crippen LogP contribution in [0.15, 0.2) is 34.1 Å². The largest absolute Gasteiger partial charge is 0.507 e. The fraction of sp³-hybridized carbons (Fsp3) is 0.667. The maximum absolute atomic E-state index is 11.2. The third-order valence-electron chi connectivity index (χ3n) is 7.60. The monoisotopic (exact) mass is 616 g/mol. The first-order valence-electron chi connectivity index (χ1n) is 15.3. The number of phenolic OH excluding ortho intramolecular Hbond substituents is 1. The molecule has 0 spiro atoms. The maximum atomic E-state index is 11.2. The van der Waals surface area contributed by atoms with E-state index in [1.165, 1.54) is 20.9 Å². The summed E-state index contributed by atoms with van der Waals surface area (Å²) in [6.45, 7) is 31.7. The van der Waals surface area contributed by atoms with Crippen LogP contribution >= 0.6 is 23.5 Å². The molecule has 0 amide bonds. The Morgan fingerprint density at radius 3 is 1.38 bits per heavy atom. The standard InChI is InChI=1S/C36H56O4S2/c1-32(2,3)24-17-22(18-25(30(24)38)33(4,5)6)41-36(13,14)42-23-19-26(34(7,8)9)31(27(20-23)35(10,11)12)39-21-29-28(40-29)15-16-37/h17-20,28-29,37-38H,15-16,21H2,1-14H3. The summed E-state index contributed by atoms with van der Waals surface area (Å²) in [7, 11) is 0. The number of epoxide rings is 1. The van der Waals surface area contributed by atoms with Crippen LogP contribution in [0.1, 0.15) is 126 Å². The zero-order valence-corrected chi connectivity index (χ0v) is 30.2. The Kier molecular flexibility index (Phi) is 10.2. The predicted molar refractivity (Wildman–Crippen MR) is 181 cm³/mol. The smallest absolute Gasteiger partial charge is 0.126 e. The van der Waals surface area contributed by atoms with E-state index in [0.29, 0.717) is 18.8 Å². The SMILES string of the molecule is CC(C)(Sc1cc(C(C)(C)C)c(O)c(C(C)(C)C)c1)Sc1cc(C(C)(C)C)c(OCC2OC2CCO)c(C(C)(C)C)c1. The number of benzene rings is 2. The molecule has 1 aliphatic rings. The highest BCUT2D eigenvalue weighted by Gasteiger charge is 2.40. The van der Waals surface area contributed by atoms with E-state index < -0.39 is 0 Å². The van der Waals surface area contributed by atoms with E-state index in [0.717, 1.165) is 16.9 Å². The van der Waals surface area contributed by atoms with E-state index in [1.807, 2.05) is 23.5 Å². The molecule has 236 valence electrons. The molecule has 2 unspecified atom stereocenters. The highest BCUT2D eigenvalue weighted by molar-refractivity contribution is 8.18. The highest BCUT2D eigenvalue weighted by Crippen LogP contribution is 2.51. The highest BCUT2D eigenvalue weighted by atomic mass is 32.2. The molecule has 0 aliphatic carbocycles. The number of hydrogen-bond donors (Lipinski definition) is 2. The van der Waals surface area contributed by atoms with Crippen LogP contribution in [-0.4, -0.2) is 39.7 Å². The van der Waals surface area contributed by atoms with Gasteiger partial charge in [0.1, 0.15) is 24.2 Å². The van der Waals surface area contributed by atoms with Crippen molar-refractivity contribution in [1.29, 1.82) is 0 Å². The van der Waals surface area contributed by atoms with Gasteiger partial charge in [-0.05, 0) is 66.2 Å².